The van der Waals surface area contributed by atoms with Crippen LogP contribution in [0.2, 0.25) is 0 Å². The molecule has 0 unspecified atom stereocenters. The van der Waals surface area contributed by atoms with Crippen LogP contribution in [0.25, 0.3) is 0 Å². The van der Waals surface area contributed by atoms with Crippen LogP contribution >= 0.6 is 11.3 Å². The van der Waals surface area contributed by atoms with Crippen molar-refractivity contribution in [3.63, 3.8) is 0 Å². The number of carbonyl (C=O) groups excluding carboxylic acids is 2. The standard InChI is InChI=1S/C14H21N3O2S/c1-10(18)15-6-5-13-9-20-14(16-13)12-4-3-7-17(8-12)11(2)19/h9,12H,3-8H2,1-2H3,(H,15,18)/t12-/m1/s1. The number of thiazole rings is 1. The third kappa shape index (κ3) is 4.03. The molecule has 1 fully saturated rings. The van der Waals surface area contributed by atoms with Crippen molar-refractivity contribution in [3.8, 4) is 0 Å². The van der Waals surface area contributed by atoms with E-state index in [9.17, 15) is 9.59 Å². The summed E-state index contributed by atoms with van der Waals surface area (Å²) in [5.74, 6) is 0.508. The Labute approximate surface area is 123 Å². The topological polar surface area (TPSA) is 62.3 Å². The monoisotopic (exact) mass is 295 g/mol. The first-order valence-electron chi connectivity index (χ1n) is 7.00. The number of hydrogen-bond donors (Lipinski definition) is 1. The van der Waals surface area contributed by atoms with E-state index in [1.165, 1.54) is 6.92 Å². The van der Waals surface area contributed by atoms with Crippen molar-refractivity contribution in [2.24, 2.45) is 0 Å². The fraction of sp³-hybridized carbons (Fsp3) is 0.643. The van der Waals surface area contributed by atoms with Gasteiger partial charge in [0, 0.05) is 51.2 Å². The molecular formula is C14H21N3O2S. The zero-order valence-corrected chi connectivity index (χ0v) is 12.8. The number of nitrogens with one attached hydrogen (secondary N) is 1. The maximum Gasteiger partial charge on any atom is 0.219 e. The van der Waals surface area contributed by atoms with E-state index in [-0.39, 0.29) is 11.8 Å². The third-order valence-corrected chi connectivity index (χ3v) is 4.60. The van der Waals surface area contributed by atoms with Gasteiger partial charge in [0.2, 0.25) is 11.8 Å². The summed E-state index contributed by atoms with van der Waals surface area (Å²) in [6.07, 6.45) is 2.91. The van der Waals surface area contributed by atoms with Gasteiger partial charge >= 0.3 is 0 Å². The molecule has 0 saturated carbocycles. The zero-order valence-electron chi connectivity index (χ0n) is 12.0. The molecule has 1 atom stereocenters. The molecule has 1 aromatic heterocycles. The number of carbonyl (C=O) groups is 2. The van der Waals surface area contributed by atoms with Crippen LogP contribution in [0.4, 0.5) is 0 Å². The summed E-state index contributed by atoms with van der Waals surface area (Å²) in [6, 6.07) is 0. The van der Waals surface area contributed by atoms with Gasteiger partial charge in [-0.25, -0.2) is 4.98 Å². The molecule has 20 heavy (non-hydrogen) atoms. The molecule has 2 rings (SSSR count). The van der Waals surface area contributed by atoms with Crippen molar-refractivity contribution >= 4 is 23.2 Å². The minimum absolute atomic E-state index is 0.00941. The van der Waals surface area contributed by atoms with Gasteiger partial charge in [-0.05, 0) is 12.8 Å². The van der Waals surface area contributed by atoms with Crippen LogP contribution < -0.4 is 5.32 Å². The maximum absolute atomic E-state index is 11.5. The van der Waals surface area contributed by atoms with Gasteiger partial charge in [0.15, 0.2) is 0 Å². The number of likely N-dealkylation sites (tertiary alicyclic amines) is 1. The highest BCUT2D eigenvalue weighted by Crippen LogP contribution is 2.29. The summed E-state index contributed by atoms with van der Waals surface area (Å²) in [5.41, 5.74) is 1.03. The summed E-state index contributed by atoms with van der Waals surface area (Å²) in [5, 5.41) is 5.96. The second-order valence-electron chi connectivity index (χ2n) is 5.21. The quantitative estimate of drug-likeness (QED) is 0.916. The van der Waals surface area contributed by atoms with Gasteiger partial charge in [-0.2, -0.15) is 0 Å². The van der Waals surface area contributed by atoms with E-state index in [1.807, 2.05) is 4.90 Å². The Bertz CT molecular complexity index is 487. The highest BCUT2D eigenvalue weighted by atomic mass is 32.1. The van der Waals surface area contributed by atoms with Crippen molar-refractivity contribution in [2.45, 2.75) is 39.0 Å². The third-order valence-electron chi connectivity index (χ3n) is 3.54. The van der Waals surface area contributed by atoms with Crippen LogP contribution in [0.15, 0.2) is 5.38 Å². The van der Waals surface area contributed by atoms with Crippen LogP contribution in [0.1, 0.15) is 43.3 Å². The predicted octanol–water partition coefficient (Wildman–Crippen LogP) is 1.55. The van der Waals surface area contributed by atoms with Crippen LogP contribution in [0, 0.1) is 0 Å². The summed E-state index contributed by atoms with van der Waals surface area (Å²) in [4.78, 5) is 28.8. The fourth-order valence-electron chi connectivity index (χ4n) is 2.46. The molecule has 0 radical (unpaired) electrons. The highest BCUT2D eigenvalue weighted by Gasteiger charge is 2.24. The van der Waals surface area contributed by atoms with Crippen molar-refractivity contribution in [3.05, 3.63) is 16.1 Å². The van der Waals surface area contributed by atoms with Crippen LogP contribution in [-0.2, 0) is 16.0 Å². The van der Waals surface area contributed by atoms with Gasteiger partial charge in [-0.15, -0.1) is 11.3 Å². The number of piperidine rings is 1. The number of rotatable bonds is 4. The molecule has 0 aliphatic carbocycles. The van der Waals surface area contributed by atoms with Crippen molar-refractivity contribution in [1.29, 1.82) is 0 Å². The smallest absolute Gasteiger partial charge is 0.219 e. The number of aromatic nitrogens is 1. The molecule has 2 heterocycles. The zero-order chi connectivity index (χ0) is 14.5. The lowest BCUT2D eigenvalue weighted by atomic mass is 9.99. The lowest BCUT2D eigenvalue weighted by Gasteiger charge is -2.30. The molecule has 1 aliphatic rings. The summed E-state index contributed by atoms with van der Waals surface area (Å²) >= 11 is 1.67. The summed E-state index contributed by atoms with van der Waals surface area (Å²) in [6.45, 7) is 5.43. The molecule has 0 spiro atoms. The summed E-state index contributed by atoms with van der Waals surface area (Å²) in [7, 11) is 0. The molecule has 1 aliphatic heterocycles. The summed E-state index contributed by atoms with van der Waals surface area (Å²) < 4.78 is 0. The molecule has 6 heteroatoms. The van der Waals surface area contributed by atoms with Crippen molar-refractivity contribution < 1.29 is 9.59 Å². The van der Waals surface area contributed by atoms with Crippen molar-refractivity contribution in [2.75, 3.05) is 19.6 Å². The molecule has 2 amide bonds. The molecule has 1 N–H and O–H groups in total. The van der Waals surface area contributed by atoms with Gasteiger partial charge in [-0.1, -0.05) is 0 Å². The van der Waals surface area contributed by atoms with Crippen molar-refractivity contribution in [1.82, 2.24) is 15.2 Å². The van der Waals surface area contributed by atoms with E-state index < -0.39 is 0 Å². The Balaban J connectivity index is 1.91. The average molecular weight is 295 g/mol. The molecule has 1 aromatic rings. The molecule has 110 valence electrons. The highest BCUT2D eigenvalue weighted by molar-refractivity contribution is 7.09. The Morgan fingerprint density at radius 2 is 2.30 bits per heavy atom. The number of amides is 2. The van der Waals surface area contributed by atoms with E-state index in [2.05, 4.69) is 15.7 Å². The lowest BCUT2D eigenvalue weighted by Crippen LogP contribution is -2.37. The Morgan fingerprint density at radius 3 is 3.00 bits per heavy atom. The molecule has 1 saturated heterocycles. The maximum atomic E-state index is 11.5. The normalized spacial score (nSPS) is 18.9. The second kappa shape index (κ2) is 6.83. The molecule has 5 nitrogen and oxygen atoms in total. The van der Waals surface area contributed by atoms with E-state index >= 15 is 0 Å². The van der Waals surface area contributed by atoms with E-state index in [0.717, 1.165) is 43.1 Å². The minimum atomic E-state index is -0.00941. The van der Waals surface area contributed by atoms with E-state index in [4.69, 9.17) is 0 Å². The molecule has 0 bridgehead atoms. The lowest BCUT2D eigenvalue weighted by molar-refractivity contribution is -0.130. The molecular weight excluding hydrogens is 274 g/mol. The first-order chi connectivity index (χ1) is 9.56. The Kier molecular flexibility index (Phi) is 5.11. The van der Waals surface area contributed by atoms with Gasteiger partial charge in [0.05, 0.1) is 10.7 Å². The van der Waals surface area contributed by atoms with Gasteiger partial charge in [0.25, 0.3) is 0 Å². The van der Waals surface area contributed by atoms with Gasteiger partial charge in [0.1, 0.15) is 0 Å². The molecule has 0 aromatic carbocycles. The van der Waals surface area contributed by atoms with Gasteiger partial charge < -0.3 is 10.2 Å². The predicted molar refractivity (Wildman–Crippen MR) is 78.7 cm³/mol. The minimum Gasteiger partial charge on any atom is -0.356 e. The fourth-order valence-corrected chi connectivity index (χ4v) is 3.44. The first kappa shape index (κ1) is 15.0. The van der Waals surface area contributed by atoms with E-state index in [0.29, 0.717) is 12.5 Å². The number of nitrogens with zero attached hydrogens (tertiary/aromatic N) is 2. The number of hydrogen-bond acceptors (Lipinski definition) is 4. The van der Waals surface area contributed by atoms with E-state index in [1.54, 1.807) is 18.3 Å². The average Bonchev–Trinajstić information content (AvgIpc) is 2.87. The van der Waals surface area contributed by atoms with Crippen LogP contribution in [0.5, 0.6) is 0 Å². The largest absolute Gasteiger partial charge is 0.356 e. The SMILES string of the molecule is CC(=O)NCCc1csc([C@@H]2CCCN(C(C)=O)C2)n1. The first-order valence-corrected chi connectivity index (χ1v) is 7.88. The van der Waals surface area contributed by atoms with Crippen LogP contribution in [0.3, 0.4) is 0 Å². The Morgan fingerprint density at radius 1 is 1.50 bits per heavy atom. The van der Waals surface area contributed by atoms with Gasteiger partial charge in [-0.3, -0.25) is 9.59 Å². The second-order valence-corrected chi connectivity index (χ2v) is 6.10. The van der Waals surface area contributed by atoms with Crippen LogP contribution in [-0.4, -0.2) is 41.3 Å². The Hall–Kier alpha value is -1.43.